The van der Waals surface area contributed by atoms with Crippen molar-refractivity contribution in [1.29, 1.82) is 0 Å². The molecule has 3 nitrogen and oxygen atoms in total. The summed E-state index contributed by atoms with van der Waals surface area (Å²) in [6.45, 7) is 8.64. The van der Waals surface area contributed by atoms with E-state index >= 15 is 0 Å². The first-order valence-corrected chi connectivity index (χ1v) is 6.98. The zero-order chi connectivity index (χ0) is 12.8. The molecule has 0 saturated carbocycles. The first kappa shape index (κ1) is 13.2. The molecule has 0 spiro atoms. The van der Waals surface area contributed by atoms with Crippen LogP contribution in [0.5, 0.6) is 5.75 Å². The van der Waals surface area contributed by atoms with Crippen molar-refractivity contribution in [3.63, 3.8) is 0 Å². The second kappa shape index (κ2) is 6.64. The average molecular weight is 248 g/mol. The normalized spacial score (nSPS) is 17.4. The summed E-state index contributed by atoms with van der Waals surface area (Å²) in [6, 6.07) is 8.50. The third-order valence-electron chi connectivity index (χ3n) is 3.14. The summed E-state index contributed by atoms with van der Waals surface area (Å²) in [5.74, 6) is 0.961. The molecule has 2 rings (SSSR count). The number of ether oxygens (including phenoxy) is 1. The van der Waals surface area contributed by atoms with E-state index in [1.54, 1.807) is 0 Å². The Morgan fingerprint density at radius 2 is 1.67 bits per heavy atom. The van der Waals surface area contributed by atoms with Gasteiger partial charge in [0, 0.05) is 18.8 Å². The number of anilines is 1. The number of nitrogens with one attached hydrogen (secondary N) is 1. The average Bonchev–Trinajstić information content (AvgIpc) is 2.29. The molecule has 0 unspecified atom stereocenters. The van der Waals surface area contributed by atoms with Crippen molar-refractivity contribution in [3.05, 3.63) is 24.3 Å². The van der Waals surface area contributed by atoms with Crippen LogP contribution in [0.4, 0.5) is 5.69 Å². The van der Waals surface area contributed by atoms with E-state index in [1.165, 1.54) is 18.5 Å². The number of nitrogens with zero attached hydrogens (tertiary/aromatic N) is 1. The van der Waals surface area contributed by atoms with Crippen molar-refractivity contribution in [2.75, 3.05) is 31.1 Å². The minimum Gasteiger partial charge on any atom is -0.491 e. The first-order chi connectivity index (χ1) is 8.75. The fraction of sp³-hybridized carbons (Fsp3) is 0.600. The van der Waals surface area contributed by atoms with Crippen LogP contribution in [-0.2, 0) is 0 Å². The molecule has 100 valence electrons. The Balaban J connectivity index is 1.98. The van der Waals surface area contributed by atoms with Gasteiger partial charge in [-0.2, -0.15) is 0 Å². The maximum Gasteiger partial charge on any atom is 0.119 e. The summed E-state index contributed by atoms with van der Waals surface area (Å²) in [5.41, 5.74) is 1.31. The van der Waals surface area contributed by atoms with Gasteiger partial charge < -0.3 is 15.0 Å². The highest BCUT2D eigenvalue weighted by Crippen LogP contribution is 2.21. The summed E-state index contributed by atoms with van der Waals surface area (Å²) >= 11 is 0. The van der Waals surface area contributed by atoms with Gasteiger partial charge in [-0.15, -0.1) is 0 Å². The van der Waals surface area contributed by atoms with E-state index in [2.05, 4.69) is 48.3 Å². The Kier molecular flexibility index (Phi) is 4.88. The van der Waals surface area contributed by atoms with Gasteiger partial charge in [-0.25, -0.2) is 0 Å². The van der Waals surface area contributed by atoms with Crippen molar-refractivity contribution >= 4 is 5.69 Å². The zero-order valence-corrected chi connectivity index (χ0v) is 11.5. The number of benzene rings is 1. The first-order valence-electron chi connectivity index (χ1n) is 6.98. The lowest BCUT2D eigenvalue weighted by atomic mass is 10.2. The molecule has 1 saturated heterocycles. The van der Waals surface area contributed by atoms with Gasteiger partial charge in [-0.3, -0.25) is 0 Å². The minimum atomic E-state index is 0.239. The van der Waals surface area contributed by atoms with Gasteiger partial charge in [-0.05, 0) is 64.0 Å². The van der Waals surface area contributed by atoms with Crippen molar-refractivity contribution in [1.82, 2.24) is 5.32 Å². The maximum absolute atomic E-state index is 5.67. The Bertz CT molecular complexity index is 340. The maximum atomic E-state index is 5.67. The molecule has 1 heterocycles. The molecule has 0 radical (unpaired) electrons. The lowest BCUT2D eigenvalue weighted by molar-refractivity contribution is 0.242. The molecule has 1 fully saturated rings. The molecule has 1 aromatic rings. The van der Waals surface area contributed by atoms with Crippen LogP contribution in [0.3, 0.4) is 0 Å². The quantitative estimate of drug-likeness (QED) is 0.890. The summed E-state index contributed by atoms with van der Waals surface area (Å²) < 4.78 is 5.67. The Morgan fingerprint density at radius 3 is 2.22 bits per heavy atom. The number of hydrogen-bond donors (Lipinski definition) is 1. The molecule has 18 heavy (non-hydrogen) atoms. The lowest BCUT2D eigenvalue weighted by Gasteiger charge is -2.27. The van der Waals surface area contributed by atoms with Gasteiger partial charge in [0.25, 0.3) is 0 Å². The van der Waals surface area contributed by atoms with Gasteiger partial charge in [-0.1, -0.05) is 0 Å². The van der Waals surface area contributed by atoms with Crippen LogP contribution >= 0.6 is 0 Å². The van der Waals surface area contributed by atoms with Gasteiger partial charge in [0.15, 0.2) is 0 Å². The SMILES string of the molecule is CC(C)Oc1ccc(N2CCCNCCC2)cc1. The third-order valence-corrected chi connectivity index (χ3v) is 3.14. The minimum absolute atomic E-state index is 0.239. The van der Waals surface area contributed by atoms with Gasteiger partial charge in [0.05, 0.1) is 6.10 Å². The fourth-order valence-corrected chi connectivity index (χ4v) is 2.29. The van der Waals surface area contributed by atoms with Crippen LogP contribution in [0, 0.1) is 0 Å². The summed E-state index contributed by atoms with van der Waals surface area (Å²) in [5, 5.41) is 3.44. The molecule has 3 heteroatoms. The summed E-state index contributed by atoms with van der Waals surface area (Å²) in [4.78, 5) is 2.47. The lowest BCUT2D eigenvalue weighted by Crippen LogP contribution is -2.33. The number of rotatable bonds is 3. The summed E-state index contributed by atoms with van der Waals surface area (Å²) in [6.07, 6.45) is 2.66. The highest BCUT2D eigenvalue weighted by molar-refractivity contribution is 5.49. The highest BCUT2D eigenvalue weighted by atomic mass is 16.5. The predicted molar refractivity (Wildman–Crippen MR) is 76.5 cm³/mol. The second-order valence-electron chi connectivity index (χ2n) is 5.10. The number of hydrogen-bond acceptors (Lipinski definition) is 3. The molecule has 1 N–H and O–H groups in total. The highest BCUT2D eigenvalue weighted by Gasteiger charge is 2.08. The molecule has 0 aliphatic carbocycles. The Labute approximate surface area is 110 Å². The molecular formula is C15H24N2O. The van der Waals surface area contributed by atoms with Crippen molar-refractivity contribution in [2.45, 2.75) is 32.8 Å². The van der Waals surface area contributed by atoms with E-state index in [9.17, 15) is 0 Å². The van der Waals surface area contributed by atoms with E-state index in [-0.39, 0.29) is 6.10 Å². The van der Waals surface area contributed by atoms with E-state index in [1.807, 2.05) is 0 Å². The van der Waals surface area contributed by atoms with E-state index in [4.69, 9.17) is 4.74 Å². The fourth-order valence-electron chi connectivity index (χ4n) is 2.29. The smallest absolute Gasteiger partial charge is 0.119 e. The van der Waals surface area contributed by atoms with Crippen LogP contribution in [0.1, 0.15) is 26.7 Å². The molecule has 1 aromatic carbocycles. The van der Waals surface area contributed by atoms with Gasteiger partial charge >= 0.3 is 0 Å². The molecular weight excluding hydrogens is 224 g/mol. The molecule has 1 aliphatic rings. The van der Waals surface area contributed by atoms with Crippen molar-refractivity contribution < 1.29 is 4.74 Å². The van der Waals surface area contributed by atoms with Crippen LogP contribution < -0.4 is 15.0 Å². The Morgan fingerprint density at radius 1 is 1.06 bits per heavy atom. The van der Waals surface area contributed by atoms with E-state index in [0.29, 0.717) is 0 Å². The Hall–Kier alpha value is -1.22. The second-order valence-corrected chi connectivity index (χ2v) is 5.10. The monoisotopic (exact) mass is 248 g/mol. The van der Waals surface area contributed by atoms with Crippen LogP contribution in [0.25, 0.3) is 0 Å². The summed E-state index contributed by atoms with van der Waals surface area (Å²) in [7, 11) is 0. The molecule has 0 aromatic heterocycles. The van der Waals surface area contributed by atoms with Crippen molar-refractivity contribution in [2.24, 2.45) is 0 Å². The molecule has 1 aliphatic heterocycles. The zero-order valence-electron chi connectivity index (χ0n) is 11.5. The molecule has 0 bridgehead atoms. The van der Waals surface area contributed by atoms with Crippen LogP contribution in [0.15, 0.2) is 24.3 Å². The largest absolute Gasteiger partial charge is 0.491 e. The topological polar surface area (TPSA) is 24.5 Å². The molecule has 0 atom stereocenters. The van der Waals surface area contributed by atoms with E-state index in [0.717, 1.165) is 31.9 Å². The van der Waals surface area contributed by atoms with Crippen LogP contribution in [0.2, 0.25) is 0 Å². The third kappa shape index (κ3) is 3.91. The van der Waals surface area contributed by atoms with Crippen LogP contribution in [-0.4, -0.2) is 32.3 Å². The van der Waals surface area contributed by atoms with Gasteiger partial charge in [0.2, 0.25) is 0 Å². The van der Waals surface area contributed by atoms with Crippen molar-refractivity contribution in [3.8, 4) is 5.75 Å². The molecule has 0 amide bonds. The predicted octanol–water partition coefficient (Wildman–Crippen LogP) is 2.66. The standard InChI is InChI=1S/C15H24N2O/c1-13(2)18-15-7-5-14(6-8-15)17-11-3-9-16-10-4-12-17/h5-8,13,16H,3-4,9-12H2,1-2H3. The van der Waals surface area contributed by atoms with Gasteiger partial charge in [0.1, 0.15) is 5.75 Å². The van der Waals surface area contributed by atoms with E-state index < -0.39 is 0 Å².